The lowest BCUT2D eigenvalue weighted by Gasteiger charge is -2.05. The van der Waals surface area contributed by atoms with E-state index in [0.29, 0.717) is 5.92 Å². The molecule has 17 heavy (non-hydrogen) atoms. The molecule has 0 radical (unpaired) electrons. The van der Waals surface area contributed by atoms with Crippen LogP contribution in [0.3, 0.4) is 0 Å². The summed E-state index contributed by atoms with van der Waals surface area (Å²) in [6, 6.07) is 11.8. The first kappa shape index (κ1) is 12.1. The molecular formula is C15H16OS. The van der Waals surface area contributed by atoms with Crippen molar-refractivity contribution in [3.63, 3.8) is 0 Å². The van der Waals surface area contributed by atoms with Gasteiger partial charge in [0.15, 0.2) is 0 Å². The summed E-state index contributed by atoms with van der Waals surface area (Å²) in [5.41, 5.74) is 2.04. The van der Waals surface area contributed by atoms with Crippen LogP contribution < -0.4 is 0 Å². The maximum atomic E-state index is 12.2. The molecule has 0 fully saturated rings. The first-order valence-electron chi connectivity index (χ1n) is 5.79. The Kier molecular flexibility index (Phi) is 3.43. The van der Waals surface area contributed by atoms with Gasteiger partial charge in [0.1, 0.15) is 0 Å². The van der Waals surface area contributed by atoms with Gasteiger partial charge >= 0.3 is 0 Å². The smallest absolute Gasteiger partial charge is 0.202 e. The summed E-state index contributed by atoms with van der Waals surface area (Å²) in [6.07, 6.45) is 0. The van der Waals surface area contributed by atoms with Crippen molar-refractivity contribution in [2.75, 3.05) is 0 Å². The fourth-order valence-corrected chi connectivity index (χ4v) is 2.55. The number of carbonyl (C=O) groups excluding carboxylic acids is 1. The van der Waals surface area contributed by atoms with Crippen molar-refractivity contribution in [1.29, 1.82) is 0 Å². The van der Waals surface area contributed by atoms with Crippen molar-refractivity contribution in [2.45, 2.75) is 26.7 Å². The van der Waals surface area contributed by atoms with Crippen LogP contribution in [0.2, 0.25) is 0 Å². The average Bonchev–Trinajstić information content (AvgIpc) is 2.75. The molecule has 0 saturated carbocycles. The van der Waals surface area contributed by atoms with E-state index in [1.54, 1.807) is 11.3 Å². The minimum Gasteiger partial charge on any atom is -0.288 e. The van der Waals surface area contributed by atoms with Gasteiger partial charge in [-0.1, -0.05) is 38.1 Å². The van der Waals surface area contributed by atoms with Crippen LogP contribution in [0, 0.1) is 6.92 Å². The lowest BCUT2D eigenvalue weighted by molar-refractivity contribution is 0.104. The summed E-state index contributed by atoms with van der Waals surface area (Å²) in [5, 5.41) is 0. The number of hydrogen-bond donors (Lipinski definition) is 0. The molecule has 0 amide bonds. The van der Waals surface area contributed by atoms with Gasteiger partial charge < -0.3 is 0 Å². The Morgan fingerprint density at radius 1 is 1.06 bits per heavy atom. The molecule has 2 aromatic rings. The van der Waals surface area contributed by atoms with Crippen molar-refractivity contribution in [1.82, 2.24) is 0 Å². The monoisotopic (exact) mass is 244 g/mol. The van der Waals surface area contributed by atoms with Gasteiger partial charge in [0.2, 0.25) is 5.78 Å². The Bertz CT molecular complexity index is 520. The second kappa shape index (κ2) is 4.84. The van der Waals surface area contributed by atoms with Crippen LogP contribution in [0.25, 0.3) is 0 Å². The Hall–Kier alpha value is -1.41. The summed E-state index contributed by atoms with van der Waals surface area (Å²) in [5.74, 6) is 0.626. The topological polar surface area (TPSA) is 17.1 Å². The van der Waals surface area contributed by atoms with Crippen LogP contribution in [-0.4, -0.2) is 5.78 Å². The number of aryl methyl sites for hydroxylation is 1. The minimum atomic E-state index is 0.124. The molecular weight excluding hydrogens is 228 g/mol. The second-order valence-electron chi connectivity index (χ2n) is 4.52. The van der Waals surface area contributed by atoms with Crippen molar-refractivity contribution in [2.24, 2.45) is 0 Å². The number of hydrogen-bond acceptors (Lipinski definition) is 2. The molecule has 0 aliphatic carbocycles. The Morgan fingerprint density at radius 3 is 2.18 bits per heavy atom. The predicted molar refractivity (Wildman–Crippen MR) is 73.0 cm³/mol. The molecule has 2 rings (SSSR count). The zero-order chi connectivity index (χ0) is 12.4. The lowest BCUT2D eigenvalue weighted by Crippen LogP contribution is -1.98. The first-order valence-corrected chi connectivity index (χ1v) is 6.60. The number of ketones is 1. The van der Waals surface area contributed by atoms with Crippen LogP contribution in [0.1, 0.15) is 45.4 Å². The maximum absolute atomic E-state index is 12.2. The quantitative estimate of drug-likeness (QED) is 0.731. The molecule has 0 saturated heterocycles. The van der Waals surface area contributed by atoms with E-state index in [4.69, 9.17) is 0 Å². The molecule has 1 aromatic heterocycles. The fourth-order valence-electron chi connectivity index (χ4n) is 1.72. The van der Waals surface area contributed by atoms with Gasteiger partial charge in [-0.15, -0.1) is 11.3 Å². The summed E-state index contributed by atoms with van der Waals surface area (Å²) < 4.78 is 0. The molecule has 2 heteroatoms. The van der Waals surface area contributed by atoms with Gasteiger partial charge in [0, 0.05) is 10.4 Å². The molecule has 1 heterocycles. The standard InChI is InChI=1S/C15H16OS/c1-10(2)12-5-7-13(8-6-12)15(16)14-9-4-11(3)17-14/h4-10H,1-3H3. The molecule has 1 nitrogen and oxygen atoms in total. The molecule has 0 spiro atoms. The van der Waals surface area contributed by atoms with Crippen molar-refractivity contribution in [3.8, 4) is 0 Å². The molecule has 88 valence electrons. The van der Waals surface area contributed by atoms with Gasteiger partial charge in [-0.25, -0.2) is 0 Å². The second-order valence-corrected chi connectivity index (χ2v) is 5.80. The molecule has 0 aliphatic rings. The molecule has 0 N–H and O–H groups in total. The highest BCUT2D eigenvalue weighted by Crippen LogP contribution is 2.21. The Morgan fingerprint density at radius 2 is 1.71 bits per heavy atom. The Labute approximate surface area is 106 Å². The van der Waals surface area contributed by atoms with Crippen molar-refractivity contribution < 1.29 is 4.79 Å². The van der Waals surface area contributed by atoms with Crippen molar-refractivity contribution in [3.05, 3.63) is 57.3 Å². The third-order valence-corrected chi connectivity index (χ3v) is 3.80. The average molecular weight is 244 g/mol. The first-order chi connectivity index (χ1) is 8.08. The van der Waals surface area contributed by atoms with E-state index in [2.05, 4.69) is 13.8 Å². The minimum absolute atomic E-state index is 0.124. The van der Waals surface area contributed by atoms with E-state index in [0.717, 1.165) is 10.4 Å². The van der Waals surface area contributed by atoms with Crippen LogP contribution >= 0.6 is 11.3 Å². The lowest BCUT2D eigenvalue weighted by atomic mass is 10.0. The third kappa shape index (κ3) is 2.64. The molecule has 0 aliphatic heterocycles. The molecule has 1 aromatic carbocycles. The fraction of sp³-hybridized carbons (Fsp3) is 0.267. The normalized spacial score (nSPS) is 10.8. The van der Waals surface area contributed by atoms with Crippen LogP contribution in [0.5, 0.6) is 0 Å². The summed E-state index contributed by atoms with van der Waals surface area (Å²) >= 11 is 1.55. The highest BCUT2D eigenvalue weighted by molar-refractivity contribution is 7.14. The zero-order valence-electron chi connectivity index (χ0n) is 10.4. The van der Waals surface area contributed by atoms with Gasteiger partial charge in [0.25, 0.3) is 0 Å². The van der Waals surface area contributed by atoms with E-state index in [-0.39, 0.29) is 5.78 Å². The van der Waals surface area contributed by atoms with E-state index >= 15 is 0 Å². The van der Waals surface area contributed by atoms with Crippen LogP contribution in [0.15, 0.2) is 36.4 Å². The van der Waals surface area contributed by atoms with E-state index < -0.39 is 0 Å². The van der Waals surface area contributed by atoms with Crippen LogP contribution in [-0.2, 0) is 0 Å². The Balaban J connectivity index is 2.26. The van der Waals surface area contributed by atoms with E-state index in [9.17, 15) is 4.79 Å². The zero-order valence-corrected chi connectivity index (χ0v) is 11.2. The molecule has 0 bridgehead atoms. The van der Waals surface area contributed by atoms with E-state index in [1.165, 1.54) is 10.4 Å². The van der Waals surface area contributed by atoms with Gasteiger partial charge in [-0.3, -0.25) is 4.79 Å². The molecule has 0 unspecified atom stereocenters. The van der Waals surface area contributed by atoms with Crippen molar-refractivity contribution >= 4 is 17.1 Å². The number of rotatable bonds is 3. The highest BCUT2D eigenvalue weighted by Gasteiger charge is 2.11. The number of thiophene rings is 1. The molecule has 0 atom stereocenters. The van der Waals surface area contributed by atoms with Crippen LogP contribution in [0.4, 0.5) is 0 Å². The number of benzene rings is 1. The SMILES string of the molecule is Cc1ccc(C(=O)c2ccc(C(C)C)cc2)s1. The highest BCUT2D eigenvalue weighted by atomic mass is 32.1. The third-order valence-electron chi connectivity index (χ3n) is 2.80. The van der Waals surface area contributed by atoms with Gasteiger partial charge in [-0.2, -0.15) is 0 Å². The summed E-state index contributed by atoms with van der Waals surface area (Å²) in [4.78, 5) is 14.1. The van der Waals surface area contributed by atoms with Gasteiger partial charge in [0.05, 0.1) is 4.88 Å². The number of carbonyl (C=O) groups is 1. The predicted octanol–water partition coefficient (Wildman–Crippen LogP) is 4.41. The largest absolute Gasteiger partial charge is 0.288 e. The summed E-state index contributed by atoms with van der Waals surface area (Å²) in [6.45, 7) is 6.32. The van der Waals surface area contributed by atoms with Gasteiger partial charge in [-0.05, 0) is 30.5 Å². The van der Waals surface area contributed by atoms with E-state index in [1.807, 2.05) is 43.3 Å². The maximum Gasteiger partial charge on any atom is 0.202 e. The summed E-state index contributed by atoms with van der Waals surface area (Å²) in [7, 11) is 0.